The minimum absolute atomic E-state index is 0.0731. The van der Waals surface area contributed by atoms with Gasteiger partial charge in [0.25, 0.3) is 0 Å². The average Bonchev–Trinajstić information content (AvgIpc) is 2.46. The van der Waals surface area contributed by atoms with Crippen molar-refractivity contribution in [3.8, 4) is 0 Å². The molecule has 2 N–H and O–H groups in total. The van der Waals surface area contributed by atoms with Crippen LogP contribution >= 0.6 is 0 Å². The maximum atomic E-state index is 7.58. The van der Waals surface area contributed by atoms with Gasteiger partial charge in [-0.15, -0.1) is 0 Å². The van der Waals surface area contributed by atoms with Crippen molar-refractivity contribution in [2.24, 2.45) is 0 Å². The van der Waals surface area contributed by atoms with Crippen molar-refractivity contribution < 1.29 is 13.4 Å². The van der Waals surface area contributed by atoms with Gasteiger partial charge in [-0.2, -0.15) is 0 Å². The number of aromatic nitrogens is 1. The van der Waals surface area contributed by atoms with E-state index in [0.29, 0.717) is 11.2 Å². The predicted molar refractivity (Wildman–Crippen MR) is 69.1 cm³/mol. The monoisotopic (exact) mass is 237 g/mol. The van der Waals surface area contributed by atoms with E-state index < -0.39 is 25.2 Å². The van der Waals surface area contributed by atoms with Gasteiger partial charge in [0.05, 0.1) is 11.2 Å². The molecule has 0 aromatic carbocycles. The Kier molecular flexibility index (Phi) is 1.96. The lowest BCUT2D eigenvalue weighted by molar-refractivity contribution is 0.00578. The Labute approximate surface area is 107 Å². The highest BCUT2D eigenvalue weighted by molar-refractivity contribution is 6.64. The molecule has 1 aliphatic heterocycles. The maximum Gasteiger partial charge on any atom is 0.498 e. The van der Waals surface area contributed by atoms with Crippen LogP contribution in [0.2, 0.25) is 0 Å². The molecule has 1 aliphatic rings. The lowest BCUT2D eigenvalue weighted by Crippen LogP contribution is -2.41. The van der Waals surface area contributed by atoms with Gasteiger partial charge in [0.1, 0.15) is 0 Å². The van der Waals surface area contributed by atoms with Gasteiger partial charge >= 0.3 is 7.12 Å². The topological polar surface area (TPSA) is 57.4 Å². The zero-order valence-electron chi connectivity index (χ0n) is 13.6. The highest BCUT2D eigenvalue weighted by Crippen LogP contribution is 2.36. The first-order valence-electron chi connectivity index (χ1n) is 7.06. The lowest BCUT2D eigenvalue weighted by atomic mass is 9.77. The van der Waals surface area contributed by atoms with Gasteiger partial charge in [-0.25, -0.2) is 0 Å². The molecule has 0 atom stereocenters. The van der Waals surface area contributed by atoms with E-state index in [2.05, 4.69) is 4.98 Å². The number of pyridine rings is 1. The number of nitrogen functional groups attached to an aromatic ring is 1. The summed E-state index contributed by atoms with van der Waals surface area (Å²) in [7, 11) is -0.830. The van der Waals surface area contributed by atoms with E-state index in [9.17, 15) is 0 Å². The molecule has 4 nitrogen and oxygen atoms in total. The third-order valence-corrected chi connectivity index (χ3v) is 3.51. The number of aryl methyl sites for hydroxylation is 1. The van der Waals surface area contributed by atoms with Gasteiger partial charge in [0.15, 0.2) is 0 Å². The molecule has 2 heterocycles. The molecule has 0 radical (unpaired) electrons. The van der Waals surface area contributed by atoms with E-state index in [1.54, 1.807) is 6.07 Å². The molecule has 0 unspecified atom stereocenters. The van der Waals surface area contributed by atoms with E-state index in [0.717, 1.165) is 0 Å². The third kappa shape index (κ3) is 1.94. The Bertz CT molecular complexity index is 516. The molecule has 0 saturated carbocycles. The first-order valence-corrected chi connectivity index (χ1v) is 5.56. The van der Waals surface area contributed by atoms with Gasteiger partial charge in [-0.3, -0.25) is 4.98 Å². The molecule has 1 saturated heterocycles. The number of anilines is 1. The van der Waals surface area contributed by atoms with Gasteiger partial charge in [0.2, 0.25) is 0 Å². The number of nitrogens with two attached hydrogens (primary N) is 1. The molecule has 1 fully saturated rings. The molecule has 0 amide bonds. The van der Waals surface area contributed by atoms with Crippen LogP contribution in [0.25, 0.3) is 0 Å². The SMILES string of the molecule is [2H]C([2H])([2H])c1nccc(N)c1B1OC(C)(C)C(C)(C)O1. The number of hydrogen-bond donors (Lipinski definition) is 1. The Hall–Kier alpha value is -1.07. The molecule has 0 bridgehead atoms. The lowest BCUT2D eigenvalue weighted by Gasteiger charge is -2.32. The second-order valence-corrected chi connectivity index (χ2v) is 5.25. The average molecular weight is 237 g/mol. The van der Waals surface area contributed by atoms with Crippen LogP contribution in [0.4, 0.5) is 5.69 Å². The Morgan fingerprint density at radius 1 is 1.29 bits per heavy atom. The largest absolute Gasteiger partial charge is 0.498 e. The van der Waals surface area contributed by atoms with Crippen LogP contribution in [0, 0.1) is 6.85 Å². The fourth-order valence-electron chi connectivity index (χ4n) is 1.70. The Balaban J connectivity index is 2.50. The van der Waals surface area contributed by atoms with E-state index in [-0.39, 0.29) is 5.69 Å². The summed E-state index contributed by atoms with van der Waals surface area (Å²) in [5, 5.41) is 0. The molecule has 1 aromatic heterocycles. The number of rotatable bonds is 1. The quantitative estimate of drug-likeness (QED) is 0.747. The molecule has 17 heavy (non-hydrogen) atoms. The fraction of sp³-hybridized carbons (Fsp3) is 0.583. The van der Waals surface area contributed by atoms with Crippen molar-refractivity contribution in [1.82, 2.24) is 4.98 Å². The van der Waals surface area contributed by atoms with Gasteiger partial charge < -0.3 is 15.0 Å². The molecule has 0 aliphatic carbocycles. The van der Waals surface area contributed by atoms with Gasteiger partial charge in [-0.05, 0) is 40.6 Å². The van der Waals surface area contributed by atoms with Crippen molar-refractivity contribution in [2.75, 3.05) is 5.73 Å². The van der Waals surface area contributed by atoms with Crippen LogP contribution in [0.1, 0.15) is 37.5 Å². The van der Waals surface area contributed by atoms with E-state index in [4.69, 9.17) is 19.2 Å². The van der Waals surface area contributed by atoms with Crippen LogP contribution in [0.15, 0.2) is 12.3 Å². The van der Waals surface area contributed by atoms with Crippen LogP contribution in [-0.4, -0.2) is 23.3 Å². The third-order valence-electron chi connectivity index (χ3n) is 3.51. The molecule has 1 aromatic rings. The maximum absolute atomic E-state index is 7.58. The van der Waals surface area contributed by atoms with Gasteiger partial charge in [-0.1, -0.05) is 0 Å². The standard InChI is InChI=1S/C12H19BN2O2/c1-8-10(9(14)6-7-15-8)13-16-11(2,3)12(4,5)17-13/h6-7H,1-5H3,(H2,14,15)/i1D3. The summed E-state index contributed by atoms with van der Waals surface area (Å²) >= 11 is 0. The Morgan fingerprint density at radius 2 is 1.88 bits per heavy atom. The zero-order valence-corrected chi connectivity index (χ0v) is 10.6. The minimum Gasteiger partial charge on any atom is -0.399 e. The van der Waals surface area contributed by atoms with E-state index in [1.807, 2.05) is 27.7 Å². The molecule has 92 valence electrons. The summed E-state index contributed by atoms with van der Waals surface area (Å²) in [5.74, 6) is 0. The van der Waals surface area contributed by atoms with Crippen LogP contribution in [-0.2, 0) is 9.31 Å². The molecular weight excluding hydrogens is 215 g/mol. The molecule has 0 spiro atoms. The summed E-state index contributed by atoms with van der Waals surface area (Å²) in [5.41, 5.74) is 5.33. The van der Waals surface area contributed by atoms with Crippen LogP contribution in [0.5, 0.6) is 0 Å². The Morgan fingerprint density at radius 3 is 2.41 bits per heavy atom. The van der Waals surface area contributed by atoms with Crippen molar-refractivity contribution in [3.63, 3.8) is 0 Å². The van der Waals surface area contributed by atoms with Crippen LogP contribution < -0.4 is 11.2 Å². The highest BCUT2D eigenvalue weighted by Gasteiger charge is 2.52. The summed E-state index contributed by atoms with van der Waals surface area (Å²) < 4.78 is 34.5. The van der Waals surface area contributed by atoms with E-state index in [1.165, 1.54) is 6.20 Å². The first kappa shape index (κ1) is 8.94. The summed E-state index contributed by atoms with van der Waals surface area (Å²) in [6.07, 6.45) is 1.38. The van der Waals surface area contributed by atoms with E-state index >= 15 is 0 Å². The second kappa shape index (κ2) is 3.72. The number of nitrogens with zero attached hydrogens (tertiary/aromatic N) is 1. The second-order valence-electron chi connectivity index (χ2n) is 5.25. The fourth-order valence-corrected chi connectivity index (χ4v) is 1.70. The molecular formula is C12H19BN2O2. The summed E-state index contributed by atoms with van der Waals surface area (Å²) in [4.78, 5) is 3.95. The molecule has 2 rings (SSSR count). The number of hydrogen-bond acceptors (Lipinski definition) is 4. The molecule has 5 heteroatoms. The van der Waals surface area contributed by atoms with Gasteiger partial charge in [0, 0.05) is 27.2 Å². The smallest absolute Gasteiger partial charge is 0.399 e. The first-order chi connectivity index (χ1) is 8.96. The van der Waals surface area contributed by atoms with Crippen molar-refractivity contribution in [1.29, 1.82) is 0 Å². The predicted octanol–water partition coefficient (Wildman–Crippen LogP) is 1.27. The van der Waals surface area contributed by atoms with Crippen molar-refractivity contribution in [3.05, 3.63) is 18.0 Å². The van der Waals surface area contributed by atoms with Crippen LogP contribution in [0.3, 0.4) is 0 Å². The van der Waals surface area contributed by atoms with Crippen molar-refractivity contribution >= 4 is 18.3 Å². The van der Waals surface area contributed by atoms with Crippen molar-refractivity contribution in [2.45, 2.75) is 45.7 Å². The summed E-state index contributed by atoms with van der Waals surface area (Å²) in [6, 6.07) is 1.55. The minimum atomic E-state index is -2.37. The highest BCUT2D eigenvalue weighted by atomic mass is 16.7. The summed E-state index contributed by atoms with van der Waals surface area (Å²) in [6.45, 7) is 5.22. The zero-order chi connectivity index (χ0) is 15.3. The normalized spacial score (nSPS) is 25.2.